The molecule has 0 bridgehead atoms. The van der Waals surface area contributed by atoms with Gasteiger partial charge in [0.25, 0.3) is 5.91 Å². The van der Waals surface area contributed by atoms with E-state index in [1.165, 1.54) is 0 Å². The van der Waals surface area contributed by atoms with Gasteiger partial charge in [-0.25, -0.2) is 4.39 Å². The molecule has 0 spiro atoms. The van der Waals surface area contributed by atoms with Crippen LogP contribution in [-0.4, -0.2) is 22.5 Å². The fraction of sp³-hybridized carbons (Fsp3) is 0.300. The summed E-state index contributed by atoms with van der Waals surface area (Å²) in [5, 5.41) is 5.51. The Morgan fingerprint density at radius 3 is 2.28 bits per heavy atom. The van der Waals surface area contributed by atoms with Crippen molar-refractivity contribution in [3.8, 4) is 0 Å². The van der Waals surface area contributed by atoms with Crippen molar-refractivity contribution in [2.45, 2.75) is 9.96 Å². The van der Waals surface area contributed by atoms with Crippen molar-refractivity contribution in [1.82, 2.24) is 5.32 Å². The Bertz CT molecular complexity index is 407. The first kappa shape index (κ1) is 15.6. The van der Waals surface area contributed by atoms with Crippen molar-refractivity contribution in [2.24, 2.45) is 0 Å². The minimum absolute atomic E-state index is 0.541. The van der Waals surface area contributed by atoms with Gasteiger partial charge in [0.1, 0.15) is 6.17 Å². The van der Waals surface area contributed by atoms with E-state index in [4.69, 9.17) is 46.4 Å². The van der Waals surface area contributed by atoms with E-state index >= 15 is 0 Å². The van der Waals surface area contributed by atoms with Gasteiger partial charge in [0.2, 0.25) is 3.79 Å². The summed E-state index contributed by atoms with van der Waals surface area (Å²) < 4.78 is 10.3. The summed E-state index contributed by atoms with van der Waals surface area (Å²) in [6.45, 7) is -1.19. The molecule has 3 nitrogen and oxygen atoms in total. The predicted molar refractivity (Wildman–Crippen MR) is 73.3 cm³/mol. The lowest BCUT2D eigenvalue weighted by Gasteiger charge is -2.27. The fourth-order valence-electron chi connectivity index (χ4n) is 1.11. The molecule has 0 aliphatic carbocycles. The molecule has 0 saturated carbocycles. The Morgan fingerprint density at radius 2 is 1.83 bits per heavy atom. The van der Waals surface area contributed by atoms with Gasteiger partial charge < -0.3 is 10.6 Å². The van der Waals surface area contributed by atoms with Gasteiger partial charge in [0, 0.05) is 10.7 Å². The third-order valence-electron chi connectivity index (χ3n) is 1.91. The van der Waals surface area contributed by atoms with Crippen LogP contribution in [0.5, 0.6) is 0 Å². The number of carbonyl (C=O) groups excluding carboxylic acids is 1. The number of alkyl halides is 4. The first-order valence-corrected chi connectivity index (χ1v) is 6.28. The molecule has 1 rings (SSSR count). The van der Waals surface area contributed by atoms with Crippen LogP contribution in [-0.2, 0) is 4.79 Å². The van der Waals surface area contributed by atoms with E-state index in [0.717, 1.165) is 0 Å². The Labute approximate surface area is 124 Å². The quantitative estimate of drug-likeness (QED) is 0.653. The van der Waals surface area contributed by atoms with Gasteiger partial charge in [-0.2, -0.15) is 0 Å². The molecule has 8 heteroatoms. The van der Waals surface area contributed by atoms with Gasteiger partial charge in [-0.3, -0.25) is 4.79 Å². The second kappa shape index (κ2) is 6.66. The molecule has 1 atom stereocenters. The van der Waals surface area contributed by atoms with Gasteiger partial charge in [0.05, 0.1) is 0 Å². The number of halogens is 5. The zero-order valence-electron chi connectivity index (χ0n) is 8.89. The second-order valence-corrected chi connectivity index (χ2v) is 6.13. The predicted octanol–water partition coefficient (Wildman–Crippen LogP) is 3.53. The molecule has 1 aromatic carbocycles. The smallest absolute Gasteiger partial charge is 0.253 e. The van der Waals surface area contributed by atoms with Crippen LogP contribution in [0.15, 0.2) is 24.3 Å². The van der Waals surface area contributed by atoms with Crippen molar-refractivity contribution in [2.75, 3.05) is 12.0 Å². The van der Waals surface area contributed by atoms with Crippen LogP contribution >= 0.6 is 46.4 Å². The van der Waals surface area contributed by atoms with Crippen LogP contribution in [0, 0.1) is 0 Å². The fourth-order valence-corrected chi connectivity index (χ4v) is 1.57. The highest BCUT2D eigenvalue weighted by atomic mass is 35.6. The molecule has 2 N–H and O–H groups in total. The summed E-state index contributed by atoms with van der Waals surface area (Å²) in [6.07, 6.45) is -1.06. The Morgan fingerprint density at radius 1 is 1.28 bits per heavy atom. The monoisotopic (exact) mass is 332 g/mol. The highest BCUT2D eigenvalue weighted by Crippen LogP contribution is 2.31. The maximum absolute atomic E-state index is 12.1. The molecule has 0 aromatic heterocycles. The number of amides is 1. The summed E-state index contributed by atoms with van der Waals surface area (Å²) >= 11 is 22.8. The average molecular weight is 334 g/mol. The molecular weight excluding hydrogens is 325 g/mol. The summed E-state index contributed by atoms with van der Waals surface area (Å²) in [6, 6.07) is 6.51. The van der Waals surface area contributed by atoms with E-state index in [-0.39, 0.29) is 0 Å². The largest absolute Gasteiger partial charge is 0.362 e. The molecule has 1 aromatic rings. The molecule has 18 heavy (non-hydrogen) atoms. The Kier molecular flexibility index (Phi) is 5.79. The van der Waals surface area contributed by atoms with Gasteiger partial charge in [0.15, 0.2) is 6.67 Å². The summed E-state index contributed by atoms with van der Waals surface area (Å²) in [5.74, 6) is -0.882. The summed E-state index contributed by atoms with van der Waals surface area (Å²) in [4.78, 5) is 11.0. The normalized spacial score (nSPS) is 12.9. The zero-order chi connectivity index (χ0) is 13.8. The Balaban J connectivity index is 2.78. The molecule has 100 valence electrons. The topological polar surface area (TPSA) is 41.1 Å². The van der Waals surface area contributed by atoms with Crippen molar-refractivity contribution in [3.63, 3.8) is 0 Å². The van der Waals surface area contributed by atoms with Gasteiger partial charge in [-0.15, -0.1) is 0 Å². The molecular formula is C10H9Cl4FN2O. The Hall–Kier alpha value is -0.420. The number of benzene rings is 1. The molecule has 0 heterocycles. The standard InChI is InChI=1S/C10H9Cl4FN2O/c11-6-1-3-7(4-2-6)16-9(10(12,13)14)17-8(18)5-15/h1-4,9,16H,5H2,(H,17,18)/t9-/m0/s1. The van der Waals surface area contributed by atoms with Crippen LogP contribution < -0.4 is 10.6 Å². The van der Waals surface area contributed by atoms with Crippen molar-refractivity contribution < 1.29 is 9.18 Å². The van der Waals surface area contributed by atoms with Crippen LogP contribution in [0.25, 0.3) is 0 Å². The lowest BCUT2D eigenvalue weighted by molar-refractivity contribution is -0.122. The minimum Gasteiger partial charge on any atom is -0.362 e. The van der Waals surface area contributed by atoms with Crippen LogP contribution in [0.1, 0.15) is 0 Å². The molecule has 0 aliphatic heterocycles. The van der Waals surface area contributed by atoms with Gasteiger partial charge in [-0.1, -0.05) is 46.4 Å². The molecule has 1 amide bonds. The van der Waals surface area contributed by atoms with Crippen LogP contribution in [0.4, 0.5) is 10.1 Å². The van der Waals surface area contributed by atoms with Crippen molar-refractivity contribution in [1.29, 1.82) is 0 Å². The SMILES string of the molecule is O=C(CF)N[C@H](Nc1ccc(Cl)cc1)C(Cl)(Cl)Cl. The maximum Gasteiger partial charge on any atom is 0.253 e. The first-order chi connectivity index (χ1) is 8.32. The lowest BCUT2D eigenvalue weighted by atomic mass is 10.3. The van der Waals surface area contributed by atoms with Crippen molar-refractivity contribution >= 4 is 58.0 Å². The molecule has 0 fully saturated rings. The number of hydrogen-bond donors (Lipinski definition) is 2. The molecule has 0 saturated heterocycles. The molecule has 0 unspecified atom stereocenters. The van der Waals surface area contributed by atoms with Gasteiger partial charge >= 0.3 is 0 Å². The number of nitrogens with one attached hydrogen (secondary N) is 2. The number of carbonyl (C=O) groups is 1. The number of anilines is 1. The highest BCUT2D eigenvalue weighted by Gasteiger charge is 2.33. The van der Waals surface area contributed by atoms with Gasteiger partial charge in [-0.05, 0) is 24.3 Å². The maximum atomic E-state index is 12.1. The zero-order valence-corrected chi connectivity index (χ0v) is 11.9. The lowest BCUT2D eigenvalue weighted by Crippen LogP contribution is -2.49. The third kappa shape index (κ3) is 5.06. The highest BCUT2D eigenvalue weighted by molar-refractivity contribution is 6.68. The van der Waals surface area contributed by atoms with E-state index in [1.54, 1.807) is 24.3 Å². The molecule has 0 aliphatic rings. The number of rotatable bonds is 4. The van der Waals surface area contributed by atoms with E-state index in [2.05, 4.69) is 10.6 Å². The van der Waals surface area contributed by atoms with Crippen LogP contribution in [0.2, 0.25) is 5.02 Å². The minimum atomic E-state index is -1.83. The first-order valence-electron chi connectivity index (χ1n) is 4.77. The number of hydrogen-bond acceptors (Lipinski definition) is 2. The van der Waals surface area contributed by atoms with E-state index in [9.17, 15) is 9.18 Å². The van der Waals surface area contributed by atoms with Crippen molar-refractivity contribution in [3.05, 3.63) is 29.3 Å². The molecule has 0 radical (unpaired) electrons. The second-order valence-electron chi connectivity index (χ2n) is 3.33. The van der Waals surface area contributed by atoms with E-state index in [1.807, 2.05) is 0 Å². The van der Waals surface area contributed by atoms with Crippen LogP contribution in [0.3, 0.4) is 0 Å². The summed E-state index contributed by atoms with van der Waals surface area (Å²) in [5.41, 5.74) is 0.565. The third-order valence-corrected chi connectivity index (χ3v) is 2.82. The average Bonchev–Trinajstić information content (AvgIpc) is 2.29. The summed E-state index contributed by atoms with van der Waals surface area (Å²) in [7, 11) is 0. The van der Waals surface area contributed by atoms with E-state index in [0.29, 0.717) is 10.7 Å². The van der Waals surface area contributed by atoms with E-state index < -0.39 is 22.5 Å².